The van der Waals surface area contributed by atoms with E-state index in [2.05, 4.69) is 5.32 Å². The van der Waals surface area contributed by atoms with Gasteiger partial charge in [0.15, 0.2) is 0 Å². The van der Waals surface area contributed by atoms with E-state index in [1.54, 1.807) is 19.2 Å². The van der Waals surface area contributed by atoms with Crippen LogP contribution in [-0.4, -0.2) is 29.8 Å². The first-order valence-corrected chi connectivity index (χ1v) is 8.79. The SMILES string of the molecule is CNC(=O)c1ccc(CN(C(=O)Cc2ccc(Cl)cc2)C2CC2)cc1. The third-order valence-electron chi connectivity index (χ3n) is 4.37. The van der Waals surface area contributed by atoms with Crippen molar-refractivity contribution in [2.75, 3.05) is 7.05 Å². The number of benzene rings is 2. The van der Waals surface area contributed by atoms with Crippen LogP contribution in [0.2, 0.25) is 5.02 Å². The normalized spacial score (nSPS) is 13.4. The van der Waals surface area contributed by atoms with Crippen LogP contribution in [-0.2, 0) is 17.8 Å². The van der Waals surface area contributed by atoms with Gasteiger partial charge in [0.05, 0.1) is 6.42 Å². The van der Waals surface area contributed by atoms with Crippen LogP contribution in [0.25, 0.3) is 0 Å². The molecule has 1 N–H and O–H groups in total. The number of hydrogen-bond donors (Lipinski definition) is 1. The van der Waals surface area contributed by atoms with Gasteiger partial charge < -0.3 is 10.2 Å². The first-order chi connectivity index (χ1) is 12.1. The molecule has 1 aliphatic rings. The number of hydrogen-bond acceptors (Lipinski definition) is 2. The standard InChI is InChI=1S/C20H21ClN2O2/c1-22-20(25)16-6-2-15(3-7-16)13-23(18-10-11-18)19(24)12-14-4-8-17(21)9-5-14/h2-9,18H,10-13H2,1H3,(H,22,25). The lowest BCUT2D eigenvalue weighted by Gasteiger charge is -2.23. The van der Waals surface area contributed by atoms with Gasteiger partial charge in [0, 0.05) is 30.2 Å². The molecule has 2 amide bonds. The predicted molar refractivity (Wildman–Crippen MR) is 98.6 cm³/mol. The van der Waals surface area contributed by atoms with Crippen molar-refractivity contribution < 1.29 is 9.59 Å². The molecule has 0 unspecified atom stereocenters. The Balaban J connectivity index is 1.67. The third kappa shape index (κ3) is 4.60. The Morgan fingerprint density at radius 2 is 1.64 bits per heavy atom. The molecular formula is C20H21ClN2O2. The van der Waals surface area contributed by atoms with E-state index in [0.717, 1.165) is 24.0 Å². The number of amides is 2. The largest absolute Gasteiger partial charge is 0.355 e. The molecule has 0 heterocycles. The van der Waals surface area contributed by atoms with Gasteiger partial charge in [-0.2, -0.15) is 0 Å². The number of rotatable bonds is 6. The molecule has 0 saturated heterocycles. The molecular weight excluding hydrogens is 336 g/mol. The predicted octanol–water partition coefficient (Wildman–Crippen LogP) is 3.43. The summed E-state index contributed by atoms with van der Waals surface area (Å²) in [6.45, 7) is 0.575. The van der Waals surface area contributed by atoms with Crippen molar-refractivity contribution in [3.05, 3.63) is 70.2 Å². The topological polar surface area (TPSA) is 49.4 Å². The van der Waals surface area contributed by atoms with Crippen LogP contribution in [0, 0.1) is 0 Å². The zero-order valence-corrected chi connectivity index (χ0v) is 14.9. The van der Waals surface area contributed by atoms with Gasteiger partial charge in [-0.05, 0) is 48.2 Å². The number of nitrogens with one attached hydrogen (secondary N) is 1. The van der Waals surface area contributed by atoms with Gasteiger partial charge in [0.2, 0.25) is 5.91 Å². The molecule has 1 fully saturated rings. The number of carbonyl (C=O) groups is 2. The lowest BCUT2D eigenvalue weighted by atomic mass is 10.1. The Bertz CT molecular complexity index is 752. The minimum Gasteiger partial charge on any atom is -0.355 e. The maximum Gasteiger partial charge on any atom is 0.251 e. The average molecular weight is 357 g/mol. The second kappa shape index (κ2) is 7.70. The number of nitrogens with zero attached hydrogens (tertiary/aromatic N) is 1. The van der Waals surface area contributed by atoms with Crippen LogP contribution in [0.15, 0.2) is 48.5 Å². The second-order valence-corrected chi connectivity index (χ2v) is 6.77. The van der Waals surface area contributed by atoms with Gasteiger partial charge >= 0.3 is 0 Å². The summed E-state index contributed by atoms with van der Waals surface area (Å²) in [7, 11) is 1.61. The molecule has 0 atom stereocenters. The molecule has 1 aliphatic carbocycles. The monoisotopic (exact) mass is 356 g/mol. The molecule has 0 spiro atoms. The molecule has 5 heteroatoms. The highest BCUT2D eigenvalue weighted by Gasteiger charge is 2.32. The van der Waals surface area contributed by atoms with E-state index >= 15 is 0 Å². The van der Waals surface area contributed by atoms with Gasteiger partial charge in [0.1, 0.15) is 0 Å². The molecule has 130 valence electrons. The minimum absolute atomic E-state index is 0.107. The van der Waals surface area contributed by atoms with E-state index in [-0.39, 0.29) is 11.8 Å². The molecule has 0 aliphatic heterocycles. The van der Waals surface area contributed by atoms with Gasteiger partial charge in [-0.3, -0.25) is 9.59 Å². The van der Waals surface area contributed by atoms with Crippen LogP contribution >= 0.6 is 11.6 Å². The van der Waals surface area contributed by atoms with Crippen LogP contribution in [0.5, 0.6) is 0 Å². The maximum atomic E-state index is 12.7. The van der Waals surface area contributed by atoms with E-state index in [9.17, 15) is 9.59 Å². The quantitative estimate of drug-likeness (QED) is 0.862. The first-order valence-electron chi connectivity index (χ1n) is 8.42. The Morgan fingerprint density at radius 3 is 2.20 bits per heavy atom. The zero-order chi connectivity index (χ0) is 17.8. The van der Waals surface area contributed by atoms with Crippen LogP contribution in [0.3, 0.4) is 0 Å². The molecule has 3 rings (SSSR count). The molecule has 0 bridgehead atoms. The summed E-state index contributed by atoms with van der Waals surface area (Å²) in [5.41, 5.74) is 2.62. The summed E-state index contributed by atoms with van der Waals surface area (Å²) in [6, 6.07) is 15.1. The number of carbonyl (C=O) groups excluding carboxylic acids is 2. The van der Waals surface area contributed by atoms with Crippen LogP contribution in [0.1, 0.15) is 34.3 Å². The highest BCUT2D eigenvalue weighted by atomic mass is 35.5. The summed E-state index contributed by atoms with van der Waals surface area (Å²) in [4.78, 5) is 26.3. The summed E-state index contributed by atoms with van der Waals surface area (Å²) >= 11 is 5.90. The summed E-state index contributed by atoms with van der Waals surface area (Å²) in [5.74, 6) is 0.0182. The fraction of sp³-hybridized carbons (Fsp3) is 0.300. The fourth-order valence-corrected chi connectivity index (χ4v) is 2.91. The van der Waals surface area contributed by atoms with Crippen molar-refractivity contribution in [1.29, 1.82) is 0 Å². The van der Waals surface area contributed by atoms with Crippen molar-refractivity contribution >= 4 is 23.4 Å². The van der Waals surface area contributed by atoms with E-state index in [1.165, 1.54) is 0 Å². The molecule has 0 aromatic heterocycles. The smallest absolute Gasteiger partial charge is 0.251 e. The molecule has 0 radical (unpaired) electrons. The zero-order valence-electron chi connectivity index (χ0n) is 14.2. The summed E-state index contributed by atoms with van der Waals surface area (Å²) in [6.07, 6.45) is 2.50. The van der Waals surface area contributed by atoms with Crippen molar-refractivity contribution in [2.24, 2.45) is 0 Å². The Labute approximate surface area is 152 Å². The van der Waals surface area contributed by atoms with Gasteiger partial charge in [-0.15, -0.1) is 0 Å². The van der Waals surface area contributed by atoms with Crippen molar-refractivity contribution in [1.82, 2.24) is 10.2 Å². The second-order valence-electron chi connectivity index (χ2n) is 6.33. The van der Waals surface area contributed by atoms with Gasteiger partial charge in [-0.1, -0.05) is 35.9 Å². The summed E-state index contributed by atoms with van der Waals surface area (Å²) in [5, 5.41) is 3.28. The third-order valence-corrected chi connectivity index (χ3v) is 4.62. The van der Waals surface area contributed by atoms with E-state index in [1.807, 2.05) is 41.3 Å². The van der Waals surface area contributed by atoms with Crippen LogP contribution in [0.4, 0.5) is 0 Å². The van der Waals surface area contributed by atoms with E-state index in [0.29, 0.717) is 29.6 Å². The van der Waals surface area contributed by atoms with Crippen molar-refractivity contribution in [3.63, 3.8) is 0 Å². The number of halogens is 1. The van der Waals surface area contributed by atoms with Crippen LogP contribution < -0.4 is 5.32 Å². The van der Waals surface area contributed by atoms with Crippen molar-refractivity contribution in [2.45, 2.75) is 31.8 Å². The molecule has 2 aromatic carbocycles. The van der Waals surface area contributed by atoms with Crippen molar-refractivity contribution in [3.8, 4) is 0 Å². The minimum atomic E-state index is -0.107. The Morgan fingerprint density at radius 1 is 1.04 bits per heavy atom. The first kappa shape index (κ1) is 17.5. The Hall–Kier alpha value is -2.33. The van der Waals surface area contributed by atoms with Gasteiger partial charge in [-0.25, -0.2) is 0 Å². The fourth-order valence-electron chi connectivity index (χ4n) is 2.79. The molecule has 4 nitrogen and oxygen atoms in total. The molecule has 2 aromatic rings. The lowest BCUT2D eigenvalue weighted by molar-refractivity contribution is -0.131. The van der Waals surface area contributed by atoms with Gasteiger partial charge in [0.25, 0.3) is 5.91 Å². The summed E-state index contributed by atoms with van der Waals surface area (Å²) < 4.78 is 0. The van der Waals surface area contributed by atoms with E-state index < -0.39 is 0 Å². The van der Waals surface area contributed by atoms with E-state index in [4.69, 9.17) is 11.6 Å². The molecule has 1 saturated carbocycles. The lowest BCUT2D eigenvalue weighted by Crippen LogP contribution is -2.33. The Kier molecular flexibility index (Phi) is 5.39. The molecule has 25 heavy (non-hydrogen) atoms. The highest BCUT2D eigenvalue weighted by molar-refractivity contribution is 6.30. The highest BCUT2D eigenvalue weighted by Crippen LogP contribution is 2.29. The average Bonchev–Trinajstić information content (AvgIpc) is 3.46. The maximum absolute atomic E-state index is 12.7.